The number of guanidine groups is 1. The molecule has 1 aliphatic carbocycles. The van der Waals surface area contributed by atoms with E-state index in [1.807, 2.05) is 45.0 Å². The molecule has 1 aromatic rings. The number of amides is 1. The standard InChI is InChI=1S/C19H30N4O2/c1-19(2,3)23-17(24)13-22-18(20-4)21-12-14-8-5-6-11-16(14)25-15-9-7-10-15/h5-6,8,11,15H,7,9-10,12-13H2,1-4H3,(H,23,24)(H2,20,21,22). The van der Waals surface area contributed by atoms with Gasteiger partial charge in [-0.25, -0.2) is 0 Å². The molecule has 0 spiro atoms. The minimum absolute atomic E-state index is 0.0656. The summed E-state index contributed by atoms with van der Waals surface area (Å²) in [7, 11) is 1.69. The van der Waals surface area contributed by atoms with Crippen LogP contribution in [-0.2, 0) is 11.3 Å². The number of nitrogens with zero attached hydrogens (tertiary/aromatic N) is 1. The fourth-order valence-corrected chi connectivity index (χ4v) is 2.46. The van der Waals surface area contributed by atoms with Gasteiger partial charge in [-0.1, -0.05) is 18.2 Å². The quantitative estimate of drug-likeness (QED) is 0.545. The van der Waals surface area contributed by atoms with Gasteiger partial charge in [0.2, 0.25) is 5.91 Å². The van der Waals surface area contributed by atoms with Crippen molar-refractivity contribution in [3.05, 3.63) is 29.8 Å². The summed E-state index contributed by atoms with van der Waals surface area (Å²) in [6, 6.07) is 8.03. The van der Waals surface area contributed by atoms with Gasteiger partial charge in [-0.3, -0.25) is 9.79 Å². The summed E-state index contributed by atoms with van der Waals surface area (Å²) >= 11 is 0. The maximum absolute atomic E-state index is 11.9. The third-order valence-corrected chi connectivity index (χ3v) is 3.92. The lowest BCUT2D eigenvalue weighted by Crippen LogP contribution is -2.48. The first-order valence-corrected chi connectivity index (χ1v) is 8.87. The number of hydrogen-bond acceptors (Lipinski definition) is 3. The number of carbonyl (C=O) groups excluding carboxylic acids is 1. The van der Waals surface area contributed by atoms with E-state index in [1.165, 1.54) is 6.42 Å². The molecule has 0 bridgehead atoms. The lowest BCUT2D eigenvalue weighted by Gasteiger charge is -2.27. The lowest BCUT2D eigenvalue weighted by atomic mass is 9.96. The number of para-hydroxylation sites is 1. The Kier molecular flexibility index (Phi) is 6.67. The van der Waals surface area contributed by atoms with Gasteiger partial charge in [0.05, 0.1) is 12.6 Å². The number of nitrogens with one attached hydrogen (secondary N) is 3. The number of ether oxygens (including phenoxy) is 1. The van der Waals surface area contributed by atoms with Crippen molar-refractivity contribution in [2.45, 2.75) is 58.2 Å². The number of hydrogen-bond donors (Lipinski definition) is 3. The first-order chi connectivity index (χ1) is 11.9. The molecule has 0 heterocycles. The molecule has 1 saturated carbocycles. The minimum atomic E-state index is -0.243. The van der Waals surface area contributed by atoms with E-state index in [4.69, 9.17) is 4.74 Å². The van der Waals surface area contributed by atoms with Crippen LogP contribution in [0.4, 0.5) is 0 Å². The Morgan fingerprint density at radius 2 is 1.96 bits per heavy atom. The largest absolute Gasteiger partial charge is 0.490 e. The van der Waals surface area contributed by atoms with E-state index < -0.39 is 0 Å². The molecule has 0 unspecified atom stereocenters. The van der Waals surface area contributed by atoms with Gasteiger partial charge in [-0.05, 0) is 46.1 Å². The Balaban J connectivity index is 1.83. The molecule has 25 heavy (non-hydrogen) atoms. The number of benzene rings is 1. The third-order valence-electron chi connectivity index (χ3n) is 3.92. The number of rotatable bonds is 6. The maximum Gasteiger partial charge on any atom is 0.239 e. The van der Waals surface area contributed by atoms with Gasteiger partial charge in [0, 0.05) is 24.7 Å². The normalized spacial score (nSPS) is 15.3. The zero-order valence-electron chi connectivity index (χ0n) is 15.7. The van der Waals surface area contributed by atoms with Crippen molar-refractivity contribution < 1.29 is 9.53 Å². The molecule has 138 valence electrons. The van der Waals surface area contributed by atoms with Crippen molar-refractivity contribution in [2.24, 2.45) is 4.99 Å². The maximum atomic E-state index is 11.9. The van der Waals surface area contributed by atoms with Gasteiger partial charge in [0.15, 0.2) is 5.96 Å². The number of aliphatic imine (C=N–C) groups is 1. The van der Waals surface area contributed by atoms with Crippen LogP contribution in [0.5, 0.6) is 5.75 Å². The minimum Gasteiger partial charge on any atom is -0.490 e. The molecule has 0 radical (unpaired) electrons. The molecule has 6 nitrogen and oxygen atoms in total. The van der Waals surface area contributed by atoms with Gasteiger partial charge in [0.25, 0.3) is 0 Å². The summed E-state index contributed by atoms with van der Waals surface area (Å²) in [5.41, 5.74) is 0.838. The summed E-state index contributed by atoms with van der Waals surface area (Å²) < 4.78 is 6.04. The highest BCUT2D eigenvalue weighted by Crippen LogP contribution is 2.27. The van der Waals surface area contributed by atoms with Crippen molar-refractivity contribution in [3.63, 3.8) is 0 Å². The van der Waals surface area contributed by atoms with Crippen LogP contribution in [0.2, 0.25) is 0 Å². The highest BCUT2D eigenvalue weighted by molar-refractivity contribution is 5.86. The average Bonchev–Trinajstić information content (AvgIpc) is 2.50. The van der Waals surface area contributed by atoms with Crippen molar-refractivity contribution >= 4 is 11.9 Å². The van der Waals surface area contributed by atoms with E-state index in [2.05, 4.69) is 20.9 Å². The van der Waals surface area contributed by atoms with Crippen molar-refractivity contribution in [1.29, 1.82) is 0 Å². The molecule has 0 saturated heterocycles. The molecule has 3 N–H and O–H groups in total. The van der Waals surface area contributed by atoms with Gasteiger partial charge in [0.1, 0.15) is 5.75 Å². The second-order valence-electron chi connectivity index (χ2n) is 7.36. The van der Waals surface area contributed by atoms with Crippen LogP contribution in [0.15, 0.2) is 29.3 Å². The fourth-order valence-electron chi connectivity index (χ4n) is 2.46. The van der Waals surface area contributed by atoms with Crippen LogP contribution in [-0.4, -0.2) is 37.1 Å². The van der Waals surface area contributed by atoms with E-state index in [-0.39, 0.29) is 18.0 Å². The summed E-state index contributed by atoms with van der Waals surface area (Å²) in [4.78, 5) is 16.1. The second kappa shape index (κ2) is 8.74. The Labute approximate surface area is 150 Å². The summed E-state index contributed by atoms with van der Waals surface area (Å²) in [5, 5.41) is 9.17. The van der Waals surface area contributed by atoms with Crippen molar-refractivity contribution in [2.75, 3.05) is 13.6 Å². The second-order valence-corrected chi connectivity index (χ2v) is 7.36. The SMILES string of the molecule is CN=C(NCC(=O)NC(C)(C)C)NCc1ccccc1OC1CCC1. The van der Waals surface area contributed by atoms with Crippen LogP contribution >= 0.6 is 0 Å². The van der Waals surface area contributed by atoms with Gasteiger partial charge >= 0.3 is 0 Å². The molecular formula is C19H30N4O2. The van der Waals surface area contributed by atoms with Crippen LogP contribution < -0.4 is 20.7 Å². The molecule has 0 atom stereocenters. The van der Waals surface area contributed by atoms with E-state index in [0.717, 1.165) is 24.2 Å². The Morgan fingerprint density at radius 1 is 1.24 bits per heavy atom. The van der Waals surface area contributed by atoms with Crippen LogP contribution in [0, 0.1) is 0 Å². The predicted molar refractivity (Wildman–Crippen MR) is 101 cm³/mol. The summed E-state index contributed by atoms with van der Waals surface area (Å²) in [6.07, 6.45) is 3.86. The zero-order chi connectivity index (χ0) is 18.3. The van der Waals surface area contributed by atoms with Gasteiger partial charge in [-0.2, -0.15) is 0 Å². The van der Waals surface area contributed by atoms with Crippen LogP contribution in [0.1, 0.15) is 45.6 Å². The van der Waals surface area contributed by atoms with E-state index in [9.17, 15) is 4.79 Å². The molecule has 1 amide bonds. The van der Waals surface area contributed by atoms with Gasteiger partial charge < -0.3 is 20.7 Å². The highest BCUT2D eigenvalue weighted by Gasteiger charge is 2.20. The summed E-state index contributed by atoms with van der Waals surface area (Å²) in [5.74, 6) is 1.44. The Bertz CT molecular complexity index is 604. The average molecular weight is 346 g/mol. The van der Waals surface area contributed by atoms with Crippen LogP contribution in [0.3, 0.4) is 0 Å². The summed E-state index contributed by atoms with van der Waals surface area (Å²) in [6.45, 7) is 6.63. The molecule has 2 rings (SSSR count). The van der Waals surface area contributed by atoms with Crippen molar-refractivity contribution in [1.82, 2.24) is 16.0 Å². The van der Waals surface area contributed by atoms with Crippen LogP contribution in [0.25, 0.3) is 0 Å². The monoisotopic (exact) mass is 346 g/mol. The molecule has 1 aromatic carbocycles. The predicted octanol–water partition coefficient (Wildman–Crippen LogP) is 2.20. The molecule has 1 fully saturated rings. The zero-order valence-corrected chi connectivity index (χ0v) is 15.7. The van der Waals surface area contributed by atoms with Gasteiger partial charge in [-0.15, -0.1) is 0 Å². The third kappa shape index (κ3) is 6.64. The lowest BCUT2D eigenvalue weighted by molar-refractivity contribution is -0.121. The number of carbonyl (C=O) groups is 1. The fraction of sp³-hybridized carbons (Fsp3) is 0.579. The highest BCUT2D eigenvalue weighted by atomic mass is 16.5. The molecule has 6 heteroatoms. The smallest absolute Gasteiger partial charge is 0.239 e. The van der Waals surface area contributed by atoms with E-state index in [1.54, 1.807) is 7.05 Å². The molecule has 0 aromatic heterocycles. The Morgan fingerprint density at radius 3 is 2.56 bits per heavy atom. The first-order valence-electron chi connectivity index (χ1n) is 8.87. The molecule has 1 aliphatic rings. The molecule has 0 aliphatic heterocycles. The van der Waals surface area contributed by atoms with E-state index in [0.29, 0.717) is 18.6 Å². The molecular weight excluding hydrogens is 316 g/mol. The topological polar surface area (TPSA) is 74.8 Å². The van der Waals surface area contributed by atoms with Crippen molar-refractivity contribution in [3.8, 4) is 5.75 Å². The Hall–Kier alpha value is -2.24. The van der Waals surface area contributed by atoms with E-state index >= 15 is 0 Å². The first kappa shape index (κ1) is 19.1.